The lowest BCUT2D eigenvalue weighted by atomic mass is 10.1. The second-order valence-electron chi connectivity index (χ2n) is 5.13. The number of nitrogens with zero attached hydrogens (tertiary/aromatic N) is 2. The van der Waals surface area contributed by atoms with Crippen LogP contribution in [0.5, 0.6) is 0 Å². The van der Waals surface area contributed by atoms with Gasteiger partial charge in [0.1, 0.15) is 6.61 Å². The van der Waals surface area contributed by atoms with Crippen molar-refractivity contribution in [2.24, 2.45) is 4.99 Å². The fourth-order valence-electron chi connectivity index (χ4n) is 2.34. The predicted octanol–water partition coefficient (Wildman–Crippen LogP) is 3.89. The zero-order valence-corrected chi connectivity index (χ0v) is 12.3. The van der Waals surface area contributed by atoms with Crippen LogP contribution in [0.4, 0.5) is 0 Å². The summed E-state index contributed by atoms with van der Waals surface area (Å²) >= 11 is 0. The fourth-order valence-corrected chi connectivity index (χ4v) is 2.34. The fraction of sp³-hybridized carbons (Fsp3) is 0.158. The third-order valence-corrected chi connectivity index (χ3v) is 3.46. The van der Waals surface area contributed by atoms with Crippen molar-refractivity contribution in [3.63, 3.8) is 0 Å². The molecule has 0 unspecified atom stereocenters. The number of fused-ring (bicyclic) bond motifs is 1. The van der Waals surface area contributed by atoms with Gasteiger partial charge in [-0.25, -0.2) is 0 Å². The van der Waals surface area contributed by atoms with Crippen LogP contribution in [-0.4, -0.2) is 24.0 Å². The first kappa shape index (κ1) is 14.3. The maximum absolute atomic E-state index is 5.04. The van der Waals surface area contributed by atoms with Gasteiger partial charge in [0.15, 0.2) is 6.40 Å². The van der Waals surface area contributed by atoms with Gasteiger partial charge < -0.3 is 4.74 Å². The molecule has 0 spiro atoms. The highest BCUT2D eigenvalue weighted by Gasteiger charge is 2.11. The number of hydrogen-bond donors (Lipinski definition) is 0. The molecule has 0 aliphatic carbocycles. The van der Waals surface area contributed by atoms with Crippen molar-refractivity contribution in [3.05, 3.63) is 78.5 Å². The summed E-state index contributed by atoms with van der Waals surface area (Å²) in [6.07, 6.45) is 4.34. The Morgan fingerprint density at radius 3 is 2.45 bits per heavy atom. The highest BCUT2D eigenvalue weighted by atomic mass is 16.5. The van der Waals surface area contributed by atoms with Crippen LogP contribution in [0.2, 0.25) is 0 Å². The summed E-state index contributed by atoms with van der Waals surface area (Å²) in [6, 6.07) is 22.8. The van der Waals surface area contributed by atoms with Crippen LogP contribution in [0.25, 0.3) is 10.9 Å². The molecule has 0 amide bonds. The van der Waals surface area contributed by atoms with Crippen molar-refractivity contribution in [1.29, 1.82) is 0 Å². The van der Waals surface area contributed by atoms with E-state index in [-0.39, 0.29) is 0 Å². The van der Waals surface area contributed by atoms with Crippen LogP contribution < -0.4 is 0 Å². The van der Waals surface area contributed by atoms with E-state index in [2.05, 4.69) is 46.4 Å². The number of pyridine rings is 1. The first-order valence-electron chi connectivity index (χ1n) is 7.39. The molecule has 4 rings (SSSR count). The average molecular weight is 290 g/mol. The number of benzene rings is 2. The Balaban J connectivity index is 0.000000133. The number of hydrogen-bond acceptors (Lipinski definition) is 3. The zero-order chi connectivity index (χ0) is 15.0. The second-order valence-corrected chi connectivity index (χ2v) is 5.13. The van der Waals surface area contributed by atoms with Crippen molar-refractivity contribution >= 4 is 17.3 Å². The Morgan fingerprint density at radius 2 is 1.68 bits per heavy atom. The van der Waals surface area contributed by atoms with Crippen LogP contribution in [0.3, 0.4) is 0 Å². The van der Waals surface area contributed by atoms with E-state index in [1.165, 1.54) is 10.9 Å². The highest BCUT2D eigenvalue weighted by molar-refractivity contribution is 5.77. The first-order chi connectivity index (χ1) is 10.9. The molecule has 3 heteroatoms. The van der Waals surface area contributed by atoms with E-state index in [4.69, 9.17) is 4.74 Å². The molecule has 110 valence electrons. The van der Waals surface area contributed by atoms with Crippen LogP contribution in [0.15, 0.2) is 77.9 Å². The Morgan fingerprint density at radius 1 is 0.909 bits per heavy atom. The molecule has 1 aliphatic heterocycles. The summed E-state index contributed by atoms with van der Waals surface area (Å²) in [5, 5.41) is 1.20. The van der Waals surface area contributed by atoms with Crippen molar-refractivity contribution in [2.45, 2.75) is 12.5 Å². The van der Waals surface area contributed by atoms with Crippen molar-refractivity contribution in [3.8, 4) is 0 Å². The SMILES string of the molecule is C1=N[C@@H](Cc2ccccc2)CO1.c1ccc2ncccc2c1. The molecule has 1 aliphatic rings. The molecule has 0 N–H and O–H groups in total. The predicted molar refractivity (Wildman–Crippen MR) is 90.1 cm³/mol. The first-order valence-corrected chi connectivity index (χ1v) is 7.39. The molecular formula is C19H18N2O. The second kappa shape index (κ2) is 7.36. The lowest BCUT2D eigenvalue weighted by molar-refractivity contribution is 0.327. The van der Waals surface area contributed by atoms with E-state index >= 15 is 0 Å². The average Bonchev–Trinajstić information content (AvgIpc) is 3.10. The summed E-state index contributed by atoms with van der Waals surface area (Å²) in [4.78, 5) is 8.36. The van der Waals surface area contributed by atoms with Gasteiger partial charge in [0.25, 0.3) is 0 Å². The number of rotatable bonds is 2. The third-order valence-electron chi connectivity index (χ3n) is 3.46. The number of para-hydroxylation sites is 1. The largest absolute Gasteiger partial charge is 0.481 e. The van der Waals surface area contributed by atoms with Gasteiger partial charge in [-0.1, -0.05) is 54.6 Å². The molecule has 0 saturated carbocycles. The minimum atomic E-state index is 0.326. The van der Waals surface area contributed by atoms with E-state index in [0.717, 1.165) is 18.5 Å². The molecule has 22 heavy (non-hydrogen) atoms. The van der Waals surface area contributed by atoms with Crippen molar-refractivity contribution < 1.29 is 4.74 Å². The number of aromatic nitrogens is 1. The molecule has 3 aromatic rings. The summed E-state index contributed by atoms with van der Waals surface area (Å²) < 4.78 is 5.04. The van der Waals surface area contributed by atoms with Gasteiger partial charge in [0, 0.05) is 11.6 Å². The van der Waals surface area contributed by atoms with Crippen LogP contribution in [0, 0.1) is 0 Å². The lowest BCUT2D eigenvalue weighted by Crippen LogP contribution is -2.09. The molecule has 0 bridgehead atoms. The Bertz CT molecular complexity index is 675. The van der Waals surface area contributed by atoms with Gasteiger partial charge in [-0.3, -0.25) is 9.98 Å². The monoisotopic (exact) mass is 290 g/mol. The highest BCUT2D eigenvalue weighted by Crippen LogP contribution is 2.09. The molecular weight excluding hydrogens is 272 g/mol. The molecule has 2 aromatic carbocycles. The molecule has 0 saturated heterocycles. The van der Waals surface area contributed by atoms with E-state index in [1.54, 1.807) is 6.40 Å². The Labute approximate surface area is 130 Å². The van der Waals surface area contributed by atoms with Gasteiger partial charge >= 0.3 is 0 Å². The van der Waals surface area contributed by atoms with Gasteiger partial charge in [0.05, 0.1) is 11.6 Å². The van der Waals surface area contributed by atoms with Gasteiger partial charge in [0.2, 0.25) is 0 Å². The van der Waals surface area contributed by atoms with Crippen LogP contribution in [-0.2, 0) is 11.2 Å². The molecule has 1 atom stereocenters. The van der Waals surface area contributed by atoms with Crippen molar-refractivity contribution in [2.75, 3.05) is 6.61 Å². The maximum Gasteiger partial charge on any atom is 0.169 e. The molecule has 0 radical (unpaired) electrons. The minimum absolute atomic E-state index is 0.326. The third kappa shape index (κ3) is 3.92. The van der Waals surface area contributed by atoms with E-state index in [0.29, 0.717) is 6.04 Å². The minimum Gasteiger partial charge on any atom is -0.481 e. The summed E-state index contributed by atoms with van der Waals surface area (Å²) in [5.41, 5.74) is 2.38. The Kier molecular flexibility index (Phi) is 4.77. The van der Waals surface area contributed by atoms with Crippen LogP contribution in [0.1, 0.15) is 5.56 Å². The van der Waals surface area contributed by atoms with E-state index < -0.39 is 0 Å². The molecule has 3 nitrogen and oxygen atoms in total. The number of aliphatic imine (C=N–C) groups is 1. The standard InChI is InChI=1S/C10H11NO.C9H7N/c1-2-4-9(5-3-1)6-10-7-12-8-11-10;1-2-6-9-8(4-1)5-3-7-10-9/h1-5,8,10H,6-7H2;1-7H/t10-;/m0./s1. The van der Waals surface area contributed by atoms with E-state index in [1.807, 2.05) is 36.5 Å². The Hall–Kier alpha value is -2.68. The summed E-state index contributed by atoms with van der Waals surface area (Å²) in [7, 11) is 0. The quantitative estimate of drug-likeness (QED) is 0.717. The van der Waals surface area contributed by atoms with Gasteiger partial charge in [-0.05, 0) is 24.1 Å². The molecule has 0 fully saturated rings. The number of ether oxygens (including phenoxy) is 1. The lowest BCUT2D eigenvalue weighted by Gasteiger charge is -2.04. The van der Waals surface area contributed by atoms with Gasteiger partial charge in [-0.15, -0.1) is 0 Å². The smallest absolute Gasteiger partial charge is 0.169 e. The van der Waals surface area contributed by atoms with Gasteiger partial charge in [-0.2, -0.15) is 0 Å². The topological polar surface area (TPSA) is 34.5 Å². The van der Waals surface area contributed by atoms with Crippen LogP contribution >= 0.6 is 0 Å². The maximum atomic E-state index is 5.04. The normalized spacial score (nSPS) is 15.9. The summed E-state index contributed by atoms with van der Waals surface area (Å²) in [5.74, 6) is 0. The molecule has 2 heterocycles. The zero-order valence-electron chi connectivity index (χ0n) is 12.3. The van der Waals surface area contributed by atoms with Crippen molar-refractivity contribution in [1.82, 2.24) is 4.98 Å². The molecule has 1 aromatic heterocycles. The van der Waals surface area contributed by atoms with E-state index in [9.17, 15) is 0 Å². The summed E-state index contributed by atoms with van der Waals surface area (Å²) in [6.45, 7) is 0.731.